The molecule has 0 aliphatic carbocycles. The van der Waals surface area contributed by atoms with Crippen LogP contribution in [0.5, 0.6) is 0 Å². The first-order valence-electron chi connectivity index (χ1n) is 12.5. The van der Waals surface area contributed by atoms with E-state index in [-0.39, 0.29) is 42.1 Å². The van der Waals surface area contributed by atoms with Crippen molar-refractivity contribution >= 4 is 39.8 Å². The molecule has 1 N–H and O–H groups in total. The summed E-state index contributed by atoms with van der Waals surface area (Å²) in [5.74, 6) is -0.0715. The van der Waals surface area contributed by atoms with Crippen LogP contribution in [0.15, 0.2) is 35.2 Å². The van der Waals surface area contributed by atoms with Crippen LogP contribution < -0.4 is 4.90 Å². The first kappa shape index (κ1) is 26.2. The summed E-state index contributed by atoms with van der Waals surface area (Å²) in [6, 6.07) is 8.86. The number of amides is 1. The standard InChI is InChI=1S/C27H30N2O6S.ClH/c1-17-20(3-4-21-22(17)15-35-26(21)32)23(30)14-28-9-7-27(8-10-28)13-25(31)29(16-27)19-2-5-24-18(12-19)6-11-36(24,33)34;/h2-5,12,23,30H,6-11,13-16H2,1H3;1H/t23-;/m0./s1. The molecular formula is C27H31ClN2O6S. The minimum atomic E-state index is -3.18. The average molecular weight is 547 g/mol. The van der Waals surface area contributed by atoms with Crippen molar-refractivity contribution in [3.05, 3.63) is 58.1 Å². The van der Waals surface area contributed by atoms with Gasteiger partial charge in [0.05, 0.1) is 22.3 Å². The van der Waals surface area contributed by atoms with Crippen LogP contribution in [0.2, 0.25) is 0 Å². The third-order valence-electron chi connectivity index (χ3n) is 8.57. The number of rotatable bonds is 4. The number of ether oxygens (including phenoxy) is 1. The summed E-state index contributed by atoms with van der Waals surface area (Å²) in [6.07, 6.45) is 2.07. The molecule has 10 heteroatoms. The smallest absolute Gasteiger partial charge is 0.338 e. The number of β-amino-alcohol motifs (C(OH)–C–C–N with tert-alkyl or cyclic N) is 1. The van der Waals surface area contributed by atoms with E-state index in [9.17, 15) is 23.1 Å². The van der Waals surface area contributed by atoms with Crippen molar-refractivity contribution in [1.29, 1.82) is 0 Å². The van der Waals surface area contributed by atoms with Gasteiger partial charge in [-0.05, 0) is 85.6 Å². The normalized spacial score (nSPS) is 22.5. The van der Waals surface area contributed by atoms with Crippen LogP contribution in [-0.2, 0) is 32.4 Å². The zero-order valence-corrected chi connectivity index (χ0v) is 22.4. The van der Waals surface area contributed by atoms with E-state index in [0.29, 0.717) is 36.4 Å². The van der Waals surface area contributed by atoms with Gasteiger partial charge in [0.1, 0.15) is 6.61 Å². The Labute approximate surface area is 222 Å². The summed E-state index contributed by atoms with van der Waals surface area (Å²) >= 11 is 0. The van der Waals surface area contributed by atoms with Gasteiger partial charge in [0.25, 0.3) is 0 Å². The number of nitrogens with zero attached hydrogens (tertiary/aromatic N) is 2. The first-order valence-corrected chi connectivity index (χ1v) is 14.2. The number of aliphatic hydroxyl groups excluding tert-OH is 1. The van der Waals surface area contributed by atoms with Crippen molar-refractivity contribution in [3.8, 4) is 0 Å². The zero-order chi connectivity index (χ0) is 25.2. The number of carbonyl (C=O) groups is 2. The fraction of sp³-hybridized carbons (Fsp3) is 0.481. The highest BCUT2D eigenvalue weighted by molar-refractivity contribution is 7.91. The van der Waals surface area contributed by atoms with Gasteiger partial charge in [0.15, 0.2) is 9.84 Å². The van der Waals surface area contributed by atoms with Crippen LogP contribution in [0, 0.1) is 12.3 Å². The van der Waals surface area contributed by atoms with Crippen LogP contribution in [0.1, 0.15) is 58.0 Å². The van der Waals surface area contributed by atoms with Gasteiger partial charge in [-0.15, -0.1) is 12.4 Å². The van der Waals surface area contributed by atoms with Crippen LogP contribution in [0.4, 0.5) is 5.69 Å². The predicted molar refractivity (Wildman–Crippen MR) is 140 cm³/mol. The van der Waals surface area contributed by atoms with Crippen molar-refractivity contribution in [2.24, 2.45) is 5.41 Å². The van der Waals surface area contributed by atoms with Gasteiger partial charge >= 0.3 is 5.97 Å². The number of aliphatic hydroxyl groups is 1. The first-order chi connectivity index (χ1) is 17.2. The number of halogens is 1. The lowest BCUT2D eigenvalue weighted by molar-refractivity contribution is -0.118. The molecular weight excluding hydrogens is 516 g/mol. The molecule has 0 unspecified atom stereocenters. The van der Waals surface area contributed by atoms with Gasteiger partial charge in [0, 0.05) is 30.8 Å². The van der Waals surface area contributed by atoms with Crippen LogP contribution in [0.25, 0.3) is 0 Å². The molecule has 198 valence electrons. The second kappa shape index (κ2) is 9.38. The number of anilines is 1. The third-order valence-corrected chi connectivity index (χ3v) is 10.4. The largest absolute Gasteiger partial charge is 0.457 e. The Hall–Kier alpha value is -2.46. The molecule has 1 spiro atoms. The Balaban J connectivity index is 0.00000280. The number of esters is 1. The molecule has 8 nitrogen and oxygen atoms in total. The molecule has 37 heavy (non-hydrogen) atoms. The molecule has 2 aromatic carbocycles. The van der Waals surface area contributed by atoms with Crippen molar-refractivity contribution in [2.75, 3.05) is 36.8 Å². The molecule has 4 heterocycles. The maximum absolute atomic E-state index is 13.0. The predicted octanol–water partition coefficient (Wildman–Crippen LogP) is 2.97. The highest BCUT2D eigenvalue weighted by Crippen LogP contribution is 2.43. The minimum Gasteiger partial charge on any atom is -0.457 e. The lowest BCUT2D eigenvalue weighted by atomic mass is 9.77. The molecule has 0 radical (unpaired) electrons. The van der Waals surface area contributed by atoms with E-state index in [4.69, 9.17) is 4.74 Å². The SMILES string of the molecule is Cc1c([C@@H](O)CN2CCC3(CC2)CC(=O)N(c2ccc4c(c2)CCS4(=O)=O)C3)ccc2c1COC2=O.Cl. The molecule has 4 aliphatic heterocycles. The quantitative estimate of drug-likeness (QED) is 0.588. The summed E-state index contributed by atoms with van der Waals surface area (Å²) in [6.45, 7) is 4.93. The maximum Gasteiger partial charge on any atom is 0.338 e. The van der Waals surface area contributed by atoms with Gasteiger partial charge in [0.2, 0.25) is 5.91 Å². The van der Waals surface area contributed by atoms with E-state index < -0.39 is 15.9 Å². The number of carbonyl (C=O) groups excluding carboxylic acids is 2. The molecule has 6 rings (SSSR count). The molecule has 2 saturated heterocycles. The van der Waals surface area contributed by atoms with Gasteiger partial charge in [-0.3, -0.25) is 4.79 Å². The van der Waals surface area contributed by atoms with E-state index in [1.54, 1.807) is 18.2 Å². The molecule has 0 saturated carbocycles. The third kappa shape index (κ3) is 4.46. The van der Waals surface area contributed by atoms with E-state index in [2.05, 4.69) is 4.90 Å². The van der Waals surface area contributed by atoms with E-state index in [1.165, 1.54) is 0 Å². The molecule has 2 aromatic rings. The molecule has 4 aliphatic rings. The Bertz CT molecular complexity index is 1380. The van der Waals surface area contributed by atoms with Gasteiger partial charge < -0.3 is 19.6 Å². The van der Waals surface area contributed by atoms with Crippen molar-refractivity contribution < 1.29 is 27.9 Å². The zero-order valence-electron chi connectivity index (χ0n) is 20.7. The molecule has 0 bridgehead atoms. The highest BCUT2D eigenvalue weighted by atomic mass is 35.5. The van der Waals surface area contributed by atoms with Crippen LogP contribution in [-0.4, -0.2) is 62.2 Å². The van der Waals surface area contributed by atoms with Gasteiger partial charge in [-0.1, -0.05) is 6.07 Å². The molecule has 1 atom stereocenters. The van der Waals surface area contributed by atoms with Gasteiger partial charge in [-0.25, -0.2) is 13.2 Å². The Morgan fingerprint density at radius 2 is 1.89 bits per heavy atom. The number of benzene rings is 2. The number of sulfone groups is 1. The van der Waals surface area contributed by atoms with E-state index in [0.717, 1.165) is 53.9 Å². The number of aryl methyl sites for hydroxylation is 1. The molecule has 2 fully saturated rings. The van der Waals surface area contributed by atoms with Crippen molar-refractivity contribution in [1.82, 2.24) is 4.90 Å². The topological polar surface area (TPSA) is 104 Å². The minimum absolute atomic E-state index is 0. The Morgan fingerprint density at radius 3 is 2.65 bits per heavy atom. The van der Waals surface area contributed by atoms with Gasteiger partial charge in [-0.2, -0.15) is 0 Å². The lowest BCUT2D eigenvalue weighted by Crippen LogP contribution is -2.43. The number of piperidine rings is 1. The number of hydrogen-bond acceptors (Lipinski definition) is 7. The van der Waals surface area contributed by atoms with E-state index in [1.807, 2.05) is 24.0 Å². The monoisotopic (exact) mass is 546 g/mol. The van der Waals surface area contributed by atoms with Crippen LogP contribution >= 0.6 is 12.4 Å². The summed E-state index contributed by atoms with van der Waals surface area (Å²) in [7, 11) is -3.18. The Kier molecular flexibility index (Phi) is 6.63. The van der Waals surface area contributed by atoms with E-state index >= 15 is 0 Å². The number of fused-ring (bicyclic) bond motifs is 2. The summed E-state index contributed by atoms with van der Waals surface area (Å²) < 4.78 is 29.4. The number of cyclic esters (lactones) is 1. The second-order valence-corrected chi connectivity index (χ2v) is 12.8. The van der Waals surface area contributed by atoms with Crippen molar-refractivity contribution in [3.63, 3.8) is 0 Å². The fourth-order valence-electron chi connectivity index (χ4n) is 6.33. The lowest BCUT2D eigenvalue weighted by Gasteiger charge is -2.39. The summed E-state index contributed by atoms with van der Waals surface area (Å²) in [4.78, 5) is 29.3. The van der Waals surface area contributed by atoms with Crippen LogP contribution in [0.3, 0.4) is 0 Å². The number of hydrogen-bond donors (Lipinski definition) is 1. The summed E-state index contributed by atoms with van der Waals surface area (Å²) in [5.41, 5.74) is 4.70. The maximum atomic E-state index is 13.0. The summed E-state index contributed by atoms with van der Waals surface area (Å²) in [5, 5.41) is 11.0. The molecule has 0 aromatic heterocycles. The fourth-order valence-corrected chi connectivity index (χ4v) is 7.88. The Morgan fingerprint density at radius 1 is 1.14 bits per heavy atom. The van der Waals surface area contributed by atoms with Crippen molar-refractivity contribution in [2.45, 2.75) is 50.2 Å². The second-order valence-electron chi connectivity index (χ2n) is 10.7. The average Bonchev–Trinajstić information content (AvgIpc) is 3.49. The number of likely N-dealkylation sites (tertiary alicyclic amines) is 1. The highest BCUT2D eigenvalue weighted by Gasteiger charge is 2.45. The molecule has 1 amide bonds.